The Balaban J connectivity index is 1.29. The van der Waals surface area contributed by atoms with Crippen LogP contribution in [0.5, 0.6) is 0 Å². The van der Waals surface area contributed by atoms with Crippen molar-refractivity contribution in [3.63, 3.8) is 0 Å². The Morgan fingerprint density at radius 1 is 1.21 bits per heavy atom. The lowest BCUT2D eigenvalue weighted by Gasteiger charge is -2.32. The fraction of sp³-hybridized carbons (Fsp3) is 0.333. The van der Waals surface area contributed by atoms with Gasteiger partial charge in [-0.25, -0.2) is 9.59 Å². The number of imide groups is 1. The van der Waals surface area contributed by atoms with E-state index in [-0.39, 0.29) is 17.2 Å². The average molecular weight is 464 g/mol. The molecule has 0 saturated carbocycles. The van der Waals surface area contributed by atoms with E-state index in [0.717, 1.165) is 5.56 Å². The number of carbonyl (C=O) groups excluding carboxylic acids is 3. The molecular formula is C21H22N9O4+. The smallest absolute Gasteiger partial charge is 0.412 e. The van der Waals surface area contributed by atoms with E-state index in [1.54, 1.807) is 24.7 Å². The molecule has 0 aliphatic carbocycles. The lowest BCUT2D eigenvalue weighted by atomic mass is 9.94. The number of nitrogens with one attached hydrogen (secondary N) is 4. The lowest BCUT2D eigenvalue weighted by molar-refractivity contribution is -0.915. The van der Waals surface area contributed by atoms with Crippen LogP contribution in [0.25, 0.3) is 0 Å². The number of rotatable bonds is 2. The normalized spacial score (nSPS) is 30.7. The van der Waals surface area contributed by atoms with Gasteiger partial charge >= 0.3 is 18.0 Å². The molecule has 0 aromatic heterocycles. The number of urea groups is 1. The van der Waals surface area contributed by atoms with Crippen LogP contribution in [0, 0.1) is 0 Å². The Morgan fingerprint density at radius 2 is 2.06 bits per heavy atom. The van der Waals surface area contributed by atoms with Gasteiger partial charge in [-0.2, -0.15) is 0 Å². The number of ether oxygens (including phenoxy) is 1. The van der Waals surface area contributed by atoms with Crippen molar-refractivity contribution in [2.45, 2.75) is 31.4 Å². The molecule has 174 valence electrons. The molecular weight excluding hydrogens is 442 g/mol. The number of nitrogens with zero attached hydrogens (tertiary/aromatic N) is 5. The van der Waals surface area contributed by atoms with Crippen LogP contribution >= 0.6 is 0 Å². The highest BCUT2D eigenvalue weighted by Gasteiger charge is 2.58. The summed E-state index contributed by atoms with van der Waals surface area (Å²) in [6.45, 7) is 4.43. The number of cyclic esters (lactones) is 1. The highest BCUT2D eigenvalue weighted by Crippen LogP contribution is 2.38. The van der Waals surface area contributed by atoms with Crippen LogP contribution < -0.4 is 21.3 Å². The number of hydrogen-bond acceptors (Lipinski definition) is 9. The number of anilines is 2. The maximum atomic E-state index is 12.4. The van der Waals surface area contributed by atoms with Gasteiger partial charge in [0.15, 0.2) is 6.20 Å². The molecule has 5 aliphatic heterocycles. The number of hydrogen-bond donors (Lipinski definition) is 4. The summed E-state index contributed by atoms with van der Waals surface area (Å²) in [6.07, 6.45) is 4.95. The number of amides is 4. The van der Waals surface area contributed by atoms with E-state index in [1.807, 2.05) is 31.0 Å². The zero-order valence-electron chi connectivity index (χ0n) is 18.5. The van der Waals surface area contributed by atoms with Crippen molar-refractivity contribution in [2.75, 3.05) is 23.7 Å². The first-order valence-electron chi connectivity index (χ1n) is 10.8. The van der Waals surface area contributed by atoms with Crippen LogP contribution in [0.1, 0.15) is 25.8 Å². The predicted molar refractivity (Wildman–Crippen MR) is 122 cm³/mol. The summed E-state index contributed by atoms with van der Waals surface area (Å²) in [7, 11) is 0. The highest BCUT2D eigenvalue weighted by molar-refractivity contribution is 6.30. The fourth-order valence-corrected chi connectivity index (χ4v) is 4.89. The first-order valence-corrected chi connectivity index (χ1v) is 10.8. The van der Waals surface area contributed by atoms with E-state index in [4.69, 9.17) is 9.84 Å². The van der Waals surface area contributed by atoms with Crippen molar-refractivity contribution >= 4 is 47.4 Å². The number of amidine groups is 1. The first-order chi connectivity index (χ1) is 16.2. The summed E-state index contributed by atoms with van der Waals surface area (Å²) < 4.78 is 5.26. The standard InChI is InChI=1S/C21H21N9O4/c1-20(2)13-4-3-12(9-14(13)24-19(33)34-20)23-17-25-15-10-22-6-8-30(15,28-17)29-7-5-21(11-29)16(31)26-18(32)27-21/h3-4,6,8-10H,5,7,11H2,1-2H3,(H3-,23,24,26,27,28,31,32,33)/p+1. The average Bonchev–Trinajstić information content (AvgIpc) is 3.42. The number of benzene rings is 1. The van der Waals surface area contributed by atoms with Gasteiger partial charge in [-0.3, -0.25) is 20.4 Å². The van der Waals surface area contributed by atoms with Gasteiger partial charge in [-0.1, -0.05) is 6.07 Å². The molecule has 4 amide bonds. The third-order valence-corrected chi connectivity index (χ3v) is 6.56. The molecule has 2 saturated heterocycles. The number of fused-ring (bicyclic) bond motifs is 2. The van der Waals surface area contributed by atoms with Gasteiger partial charge in [0.2, 0.25) is 0 Å². The Bertz CT molecular complexity index is 1280. The van der Waals surface area contributed by atoms with Crippen LogP contribution in [0.4, 0.5) is 21.0 Å². The van der Waals surface area contributed by atoms with Gasteiger partial charge in [-0.05, 0) is 42.2 Å². The number of guanidine groups is 1. The molecule has 1 aromatic rings. The fourth-order valence-electron chi connectivity index (χ4n) is 4.89. The van der Waals surface area contributed by atoms with Crippen molar-refractivity contribution in [2.24, 2.45) is 15.1 Å². The Hall–Kier alpha value is -4.10. The van der Waals surface area contributed by atoms with Crippen molar-refractivity contribution in [3.05, 3.63) is 36.2 Å². The van der Waals surface area contributed by atoms with Gasteiger partial charge in [0.1, 0.15) is 17.4 Å². The largest absolute Gasteiger partial charge is 0.438 e. The summed E-state index contributed by atoms with van der Waals surface area (Å²) in [6, 6.07) is 5.05. The second kappa shape index (κ2) is 6.71. The molecule has 2 atom stereocenters. The van der Waals surface area contributed by atoms with Gasteiger partial charge < -0.3 is 15.4 Å². The number of aliphatic imine (C=N–C) groups is 2. The highest BCUT2D eigenvalue weighted by atomic mass is 16.6. The van der Waals surface area contributed by atoms with Crippen molar-refractivity contribution < 1.29 is 23.8 Å². The predicted octanol–water partition coefficient (Wildman–Crippen LogP) is 1.15. The minimum Gasteiger partial charge on any atom is -0.438 e. The van der Waals surface area contributed by atoms with Crippen LogP contribution in [0.3, 0.4) is 0 Å². The van der Waals surface area contributed by atoms with Crippen molar-refractivity contribution in [3.8, 4) is 0 Å². The molecule has 6 rings (SSSR count). The molecule has 0 bridgehead atoms. The molecule has 34 heavy (non-hydrogen) atoms. The minimum atomic E-state index is -0.991. The van der Waals surface area contributed by atoms with E-state index >= 15 is 0 Å². The molecule has 2 unspecified atom stereocenters. The van der Waals surface area contributed by atoms with Gasteiger partial charge in [0.05, 0.1) is 25.0 Å². The SMILES string of the molecule is CC1(C)OC(=O)Nc2cc(NC3=N[N+]4(N5CCC6(C5)NC(=O)NC6=O)C=CN=CC4=N3)ccc21. The Labute approximate surface area is 193 Å². The van der Waals surface area contributed by atoms with E-state index in [9.17, 15) is 14.4 Å². The summed E-state index contributed by atoms with van der Waals surface area (Å²) >= 11 is 0. The first kappa shape index (κ1) is 20.5. The third kappa shape index (κ3) is 2.94. The van der Waals surface area contributed by atoms with E-state index in [0.29, 0.717) is 36.1 Å². The molecule has 1 spiro atoms. The topological polar surface area (TPSA) is 149 Å². The van der Waals surface area contributed by atoms with Crippen molar-refractivity contribution in [1.29, 1.82) is 0 Å². The quantitative estimate of drug-likeness (QED) is 0.381. The van der Waals surface area contributed by atoms with Gasteiger partial charge in [0.25, 0.3) is 11.9 Å². The van der Waals surface area contributed by atoms with E-state index < -0.39 is 23.3 Å². The minimum absolute atomic E-state index is 0.0979. The molecule has 0 radical (unpaired) electrons. The molecule has 5 aliphatic rings. The summed E-state index contributed by atoms with van der Waals surface area (Å²) in [5.74, 6) is 0.551. The molecule has 5 heterocycles. The second-order valence-electron chi connectivity index (χ2n) is 9.16. The monoisotopic (exact) mass is 464 g/mol. The van der Waals surface area contributed by atoms with E-state index in [1.165, 1.54) is 0 Å². The third-order valence-electron chi connectivity index (χ3n) is 6.56. The second-order valence-corrected chi connectivity index (χ2v) is 9.16. The van der Waals surface area contributed by atoms with Crippen LogP contribution in [0.2, 0.25) is 0 Å². The summed E-state index contributed by atoms with van der Waals surface area (Å²) in [5, 5.41) is 17.8. The maximum absolute atomic E-state index is 12.4. The molecule has 4 N–H and O–H groups in total. The number of carbonyl (C=O) groups is 3. The summed E-state index contributed by atoms with van der Waals surface area (Å²) in [4.78, 5) is 44.9. The van der Waals surface area contributed by atoms with Crippen molar-refractivity contribution in [1.82, 2.24) is 15.6 Å². The Morgan fingerprint density at radius 3 is 2.85 bits per heavy atom. The molecule has 2 fully saturated rings. The molecule has 13 nitrogen and oxygen atoms in total. The lowest BCUT2D eigenvalue weighted by Crippen LogP contribution is -2.58. The zero-order valence-corrected chi connectivity index (χ0v) is 18.5. The summed E-state index contributed by atoms with van der Waals surface area (Å²) in [5.41, 5.74) is 0.442. The number of quaternary nitrogens is 1. The molecule has 1 aromatic carbocycles. The maximum Gasteiger partial charge on any atom is 0.412 e. The van der Waals surface area contributed by atoms with Crippen LogP contribution in [-0.4, -0.2) is 64.4 Å². The van der Waals surface area contributed by atoms with Crippen LogP contribution in [0.15, 0.2) is 45.7 Å². The van der Waals surface area contributed by atoms with Gasteiger partial charge in [-0.15, -0.1) is 10.0 Å². The Kier molecular flexibility index (Phi) is 4.05. The zero-order chi connectivity index (χ0) is 23.7. The van der Waals surface area contributed by atoms with Crippen LogP contribution in [-0.2, 0) is 15.1 Å². The van der Waals surface area contributed by atoms with Gasteiger partial charge in [0, 0.05) is 11.3 Å². The van der Waals surface area contributed by atoms with E-state index in [2.05, 4.69) is 31.3 Å². The molecule has 13 heteroatoms.